The molecule has 1 aromatic heterocycles. The van der Waals surface area contributed by atoms with Crippen LogP contribution in [0.3, 0.4) is 0 Å². The molecule has 2 aromatic rings. The summed E-state index contributed by atoms with van der Waals surface area (Å²) in [4.78, 5) is 7.97. The summed E-state index contributed by atoms with van der Waals surface area (Å²) >= 11 is 0. The predicted octanol–water partition coefficient (Wildman–Crippen LogP) is 1.57. The minimum atomic E-state index is -0.152. The Hall–Kier alpha value is -2.83. The second-order valence-electron chi connectivity index (χ2n) is 3.79. The van der Waals surface area contributed by atoms with E-state index in [0.29, 0.717) is 22.9 Å². The van der Waals surface area contributed by atoms with E-state index >= 15 is 0 Å². The van der Waals surface area contributed by atoms with Crippen molar-refractivity contribution in [2.24, 2.45) is 5.73 Å². The van der Waals surface area contributed by atoms with Crippen molar-refractivity contribution in [1.29, 1.82) is 5.41 Å². The van der Waals surface area contributed by atoms with E-state index in [-0.39, 0.29) is 11.8 Å². The van der Waals surface area contributed by atoms with E-state index in [0.717, 1.165) is 0 Å². The molecule has 0 atom stereocenters. The van der Waals surface area contributed by atoms with Gasteiger partial charge < -0.3 is 19.9 Å². The Morgan fingerprint density at radius 1 is 1.10 bits per heavy atom. The largest absolute Gasteiger partial charge is 0.496 e. The standard InChI is InChI=1S/C13H14N4O3/c1-18-8-5-9(19-2)7-10(6-8)20-13-16-4-3-11(17-13)12(14)15/h3-7H,1-2H3,(H3,14,15). The zero-order chi connectivity index (χ0) is 14.5. The van der Waals surface area contributed by atoms with E-state index in [1.807, 2.05) is 0 Å². The van der Waals surface area contributed by atoms with Crippen LogP contribution in [0.2, 0.25) is 0 Å². The molecule has 1 aromatic carbocycles. The molecule has 0 spiro atoms. The number of aromatic nitrogens is 2. The van der Waals surface area contributed by atoms with Gasteiger partial charge in [0.05, 0.1) is 14.2 Å². The Morgan fingerprint density at radius 3 is 2.25 bits per heavy atom. The van der Waals surface area contributed by atoms with Crippen LogP contribution >= 0.6 is 0 Å². The zero-order valence-electron chi connectivity index (χ0n) is 11.1. The number of methoxy groups -OCH3 is 2. The maximum absolute atomic E-state index is 7.33. The van der Waals surface area contributed by atoms with Gasteiger partial charge in [0.25, 0.3) is 0 Å². The number of hydrogen-bond acceptors (Lipinski definition) is 6. The summed E-state index contributed by atoms with van der Waals surface area (Å²) in [5.74, 6) is 1.48. The lowest BCUT2D eigenvalue weighted by atomic mass is 10.3. The fourth-order valence-corrected chi connectivity index (χ4v) is 1.49. The summed E-state index contributed by atoms with van der Waals surface area (Å²) in [5, 5.41) is 7.33. The molecule has 0 amide bonds. The number of hydrogen-bond donors (Lipinski definition) is 2. The van der Waals surface area contributed by atoms with E-state index in [4.69, 9.17) is 25.4 Å². The lowest BCUT2D eigenvalue weighted by molar-refractivity contribution is 0.382. The van der Waals surface area contributed by atoms with Gasteiger partial charge in [0.15, 0.2) is 0 Å². The molecule has 0 bridgehead atoms. The molecular formula is C13H14N4O3. The Bertz CT molecular complexity index is 609. The van der Waals surface area contributed by atoms with Crippen LogP contribution in [0.4, 0.5) is 0 Å². The van der Waals surface area contributed by atoms with Gasteiger partial charge in [-0.25, -0.2) is 4.98 Å². The zero-order valence-corrected chi connectivity index (χ0v) is 11.1. The normalized spacial score (nSPS) is 9.90. The molecule has 0 aliphatic carbocycles. The lowest BCUT2D eigenvalue weighted by Crippen LogP contribution is -2.13. The predicted molar refractivity (Wildman–Crippen MR) is 72.7 cm³/mol. The number of ether oxygens (including phenoxy) is 3. The number of amidine groups is 1. The minimum Gasteiger partial charge on any atom is -0.496 e. The highest BCUT2D eigenvalue weighted by Crippen LogP contribution is 2.29. The summed E-state index contributed by atoms with van der Waals surface area (Å²) in [6.45, 7) is 0. The molecule has 0 aliphatic heterocycles. The first-order chi connectivity index (χ1) is 9.62. The maximum atomic E-state index is 7.33. The van der Waals surface area contributed by atoms with Crippen molar-refractivity contribution in [3.05, 3.63) is 36.2 Å². The van der Waals surface area contributed by atoms with Crippen molar-refractivity contribution in [3.63, 3.8) is 0 Å². The Labute approximate surface area is 115 Å². The molecule has 0 radical (unpaired) electrons. The Kier molecular flexibility index (Phi) is 3.99. The van der Waals surface area contributed by atoms with Crippen molar-refractivity contribution in [3.8, 4) is 23.3 Å². The van der Waals surface area contributed by atoms with E-state index < -0.39 is 0 Å². The van der Waals surface area contributed by atoms with Crippen molar-refractivity contribution >= 4 is 5.84 Å². The Morgan fingerprint density at radius 2 is 1.70 bits per heavy atom. The van der Waals surface area contributed by atoms with Crippen LogP contribution in [0.1, 0.15) is 5.69 Å². The number of benzene rings is 1. The second-order valence-corrected chi connectivity index (χ2v) is 3.79. The van der Waals surface area contributed by atoms with Crippen molar-refractivity contribution in [1.82, 2.24) is 9.97 Å². The molecule has 0 saturated carbocycles. The highest BCUT2D eigenvalue weighted by molar-refractivity contribution is 5.92. The monoisotopic (exact) mass is 274 g/mol. The van der Waals surface area contributed by atoms with Gasteiger partial charge in [0.2, 0.25) is 0 Å². The lowest BCUT2D eigenvalue weighted by Gasteiger charge is -2.09. The maximum Gasteiger partial charge on any atom is 0.322 e. The number of nitrogens with two attached hydrogens (primary N) is 1. The first kappa shape index (κ1) is 13.6. The fourth-order valence-electron chi connectivity index (χ4n) is 1.49. The summed E-state index contributed by atoms with van der Waals surface area (Å²) in [7, 11) is 3.09. The van der Waals surface area contributed by atoms with Crippen molar-refractivity contribution < 1.29 is 14.2 Å². The summed E-state index contributed by atoms with van der Waals surface area (Å²) in [5.41, 5.74) is 5.66. The van der Waals surface area contributed by atoms with Crippen LogP contribution in [0.25, 0.3) is 0 Å². The number of rotatable bonds is 5. The summed E-state index contributed by atoms with van der Waals surface area (Å²) in [6, 6.07) is 6.69. The molecule has 2 rings (SSSR count). The second kappa shape index (κ2) is 5.87. The molecule has 20 heavy (non-hydrogen) atoms. The summed E-state index contributed by atoms with van der Waals surface area (Å²) < 4.78 is 15.8. The molecule has 0 aliphatic rings. The van der Waals surface area contributed by atoms with Crippen LogP contribution in [0.15, 0.2) is 30.5 Å². The highest BCUT2D eigenvalue weighted by atomic mass is 16.5. The third-order valence-electron chi connectivity index (χ3n) is 2.44. The molecule has 1 heterocycles. The Balaban J connectivity index is 2.29. The quantitative estimate of drug-likeness (QED) is 0.633. The number of nitrogens with zero attached hydrogens (tertiary/aromatic N) is 2. The van der Waals surface area contributed by atoms with Gasteiger partial charge in [-0.3, -0.25) is 5.41 Å². The number of nitrogens with one attached hydrogen (secondary N) is 1. The van der Waals surface area contributed by atoms with Crippen LogP contribution in [-0.4, -0.2) is 30.0 Å². The van der Waals surface area contributed by atoms with Gasteiger partial charge in [0, 0.05) is 24.4 Å². The summed E-state index contributed by atoms with van der Waals surface area (Å²) in [6.07, 6.45) is 1.47. The van der Waals surface area contributed by atoms with Gasteiger partial charge >= 0.3 is 6.01 Å². The van der Waals surface area contributed by atoms with Gasteiger partial charge in [-0.05, 0) is 6.07 Å². The first-order valence-corrected chi connectivity index (χ1v) is 5.70. The van der Waals surface area contributed by atoms with Crippen LogP contribution in [-0.2, 0) is 0 Å². The van der Waals surface area contributed by atoms with Gasteiger partial charge in [-0.1, -0.05) is 0 Å². The molecular weight excluding hydrogens is 260 g/mol. The average Bonchev–Trinajstić information content (AvgIpc) is 2.47. The fraction of sp³-hybridized carbons (Fsp3) is 0.154. The van der Waals surface area contributed by atoms with E-state index in [9.17, 15) is 0 Å². The van der Waals surface area contributed by atoms with Gasteiger partial charge in [-0.15, -0.1) is 0 Å². The third kappa shape index (κ3) is 3.14. The van der Waals surface area contributed by atoms with E-state index in [2.05, 4.69) is 9.97 Å². The molecule has 104 valence electrons. The minimum absolute atomic E-state index is 0.0907. The van der Waals surface area contributed by atoms with Gasteiger partial charge in [-0.2, -0.15) is 4.98 Å². The first-order valence-electron chi connectivity index (χ1n) is 5.70. The average molecular weight is 274 g/mol. The molecule has 3 N–H and O–H groups in total. The SMILES string of the molecule is COc1cc(OC)cc(Oc2nccc(C(=N)N)n2)c1. The molecule has 0 fully saturated rings. The molecule has 0 unspecified atom stereocenters. The van der Waals surface area contributed by atoms with E-state index in [1.54, 1.807) is 32.4 Å². The third-order valence-corrected chi connectivity index (χ3v) is 2.44. The van der Waals surface area contributed by atoms with E-state index in [1.165, 1.54) is 12.3 Å². The van der Waals surface area contributed by atoms with Crippen molar-refractivity contribution in [2.75, 3.05) is 14.2 Å². The topological polar surface area (TPSA) is 103 Å². The number of nitrogen functional groups attached to an aromatic ring is 1. The van der Waals surface area contributed by atoms with Crippen LogP contribution in [0, 0.1) is 5.41 Å². The van der Waals surface area contributed by atoms with Crippen molar-refractivity contribution in [2.45, 2.75) is 0 Å². The molecule has 7 heteroatoms. The van der Waals surface area contributed by atoms with Crippen LogP contribution in [0.5, 0.6) is 23.3 Å². The molecule has 0 saturated heterocycles. The molecule has 7 nitrogen and oxygen atoms in total. The van der Waals surface area contributed by atoms with Crippen LogP contribution < -0.4 is 19.9 Å². The smallest absolute Gasteiger partial charge is 0.322 e. The highest BCUT2D eigenvalue weighted by Gasteiger charge is 2.07. The van der Waals surface area contributed by atoms with Gasteiger partial charge in [0.1, 0.15) is 28.8 Å².